The van der Waals surface area contributed by atoms with Crippen molar-refractivity contribution < 1.29 is 13.2 Å². The highest BCUT2D eigenvalue weighted by Gasteiger charge is 2.14. The lowest BCUT2D eigenvalue weighted by Crippen LogP contribution is -2.12. The van der Waals surface area contributed by atoms with Crippen LogP contribution in [-0.2, 0) is 10.0 Å². The van der Waals surface area contributed by atoms with Gasteiger partial charge >= 0.3 is 0 Å². The highest BCUT2D eigenvalue weighted by molar-refractivity contribution is 9.10. The highest BCUT2D eigenvalue weighted by Crippen LogP contribution is 2.24. The maximum Gasteiger partial charge on any atom is 0.261 e. The third kappa shape index (κ3) is 4.15. The lowest BCUT2D eigenvalue weighted by Gasteiger charge is -2.10. The highest BCUT2D eigenvalue weighted by atomic mass is 79.9. The molecule has 0 saturated heterocycles. The summed E-state index contributed by atoms with van der Waals surface area (Å²) in [4.78, 5) is 0.169. The molecule has 6 heteroatoms. The SMILES string of the molecule is O=S(=O)(Nc1cccc(Br)c1)c1ccc(Oc2ccccc2)cc1. The number of anilines is 1. The van der Waals surface area contributed by atoms with Crippen molar-refractivity contribution in [2.75, 3.05) is 4.72 Å². The Bertz CT molecular complexity index is 926. The molecule has 1 N–H and O–H groups in total. The van der Waals surface area contributed by atoms with Crippen LogP contribution in [0.15, 0.2) is 88.2 Å². The molecule has 0 fully saturated rings. The first-order valence-corrected chi connectivity index (χ1v) is 9.42. The first kappa shape index (κ1) is 16.5. The topological polar surface area (TPSA) is 55.4 Å². The number of hydrogen-bond donors (Lipinski definition) is 1. The lowest BCUT2D eigenvalue weighted by molar-refractivity contribution is 0.482. The zero-order valence-corrected chi connectivity index (χ0v) is 14.9. The van der Waals surface area contributed by atoms with E-state index in [0.717, 1.165) is 4.47 Å². The van der Waals surface area contributed by atoms with E-state index >= 15 is 0 Å². The first-order chi connectivity index (χ1) is 11.5. The van der Waals surface area contributed by atoms with Gasteiger partial charge in [-0.25, -0.2) is 8.42 Å². The van der Waals surface area contributed by atoms with Gasteiger partial charge in [-0.3, -0.25) is 4.72 Å². The van der Waals surface area contributed by atoms with Crippen LogP contribution in [0.4, 0.5) is 5.69 Å². The Balaban J connectivity index is 1.77. The normalized spacial score (nSPS) is 11.0. The molecule has 0 amide bonds. The summed E-state index contributed by atoms with van der Waals surface area (Å²) >= 11 is 3.32. The van der Waals surface area contributed by atoms with Crippen molar-refractivity contribution in [3.8, 4) is 11.5 Å². The fourth-order valence-electron chi connectivity index (χ4n) is 2.08. The second-order valence-electron chi connectivity index (χ2n) is 5.00. The summed E-state index contributed by atoms with van der Waals surface area (Å²) in [5.41, 5.74) is 0.494. The predicted molar refractivity (Wildman–Crippen MR) is 97.9 cm³/mol. The van der Waals surface area contributed by atoms with E-state index in [0.29, 0.717) is 17.2 Å². The summed E-state index contributed by atoms with van der Waals surface area (Å²) < 4.78 is 33.8. The molecule has 122 valence electrons. The Morgan fingerprint density at radius 1 is 0.792 bits per heavy atom. The van der Waals surface area contributed by atoms with Crippen molar-refractivity contribution >= 4 is 31.6 Å². The summed E-state index contributed by atoms with van der Waals surface area (Å²) in [6.45, 7) is 0. The Kier molecular flexibility index (Phi) is 4.87. The van der Waals surface area contributed by atoms with Gasteiger partial charge in [-0.1, -0.05) is 40.2 Å². The van der Waals surface area contributed by atoms with E-state index in [1.165, 1.54) is 12.1 Å². The molecule has 3 aromatic rings. The Morgan fingerprint density at radius 2 is 1.46 bits per heavy atom. The number of ether oxygens (including phenoxy) is 1. The molecular formula is C18H14BrNO3S. The van der Waals surface area contributed by atoms with Gasteiger partial charge in [0.25, 0.3) is 10.0 Å². The quantitative estimate of drug-likeness (QED) is 0.648. The van der Waals surface area contributed by atoms with E-state index in [1.807, 2.05) is 36.4 Å². The molecule has 0 aliphatic carbocycles. The maximum atomic E-state index is 12.4. The first-order valence-electron chi connectivity index (χ1n) is 7.14. The molecule has 0 saturated carbocycles. The van der Waals surface area contributed by atoms with Crippen molar-refractivity contribution in [3.05, 3.63) is 83.3 Å². The maximum absolute atomic E-state index is 12.4. The zero-order valence-electron chi connectivity index (χ0n) is 12.5. The average molecular weight is 404 g/mol. The van der Waals surface area contributed by atoms with Gasteiger partial charge in [0.2, 0.25) is 0 Å². The summed E-state index contributed by atoms with van der Waals surface area (Å²) in [6, 6.07) is 22.6. The molecule has 0 aromatic heterocycles. The number of para-hydroxylation sites is 1. The van der Waals surface area contributed by atoms with Gasteiger partial charge in [0.1, 0.15) is 11.5 Å². The fourth-order valence-corrected chi connectivity index (χ4v) is 3.53. The summed E-state index contributed by atoms with van der Waals surface area (Å²) in [7, 11) is -3.65. The van der Waals surface area contributed by atoms with Crippen molar-refractivity contribution in [1.29, 1.82) is 0 Å². The van der Waals surface area contributed by atoms with Crippen LogP contribution < -0.4 is 9.46 Å². The molecule has 3 aromatic carbocycles. The Hall–Kier alpha value is -2.31. The Morgan fingerprint density at radius 3 is 2.12 bits per heavy atom. The van der Waals surface area contributed by atoms with Crippen LogP contribution in [0.3, 0.4) is 0 Å². The van der Waals surface area contributed by atoms with Gasteiger partial charge in [0.15, 0.2) is 0 Å². The van der Waals surface area contributed by atoms with Crippen LogP contribution in [0.25, 0.3) is 0 Å². The number of rotatable bonds is 5. The van der Waals surface area contributed by atoms with E-state index < -0.39 is 10.0 Å². The molecule has 0 heterocycles. The van der Waals surface area contributed by atoms with Gasteiger partial charge in [-0.05, 0) is 54.6 Å². The molecule has 0 aliphatic heterocycles. The van der Waals surface area contributed by atoms with Crippen molar-refractivity contribution in [3.63, 3.8) is 0 Å². The van der Waals surface area contributed by atoms with E-state index in [2.05, 4.69) is 20.7 Å². The van der Waals surface area contributed by atoms with Crippen molar-refractivity contribution in [2.45, 2.75) is 4.90 Å². The van der Waals surface area contributed by atoms with Gasteiger partial charge in [-0.15, -0.1) is 0 Å². The number of benzene rings is 3. The fraction of sp³-hybridized carbons (Fsp3) is 0. The van der Waals surface area contributed by atoms with Crippen LogP contribution in [0.5, 0.6) is 11.5 Å². The Labute approximate surface area is 149 Å². The summed E-state index contributed by atoms with van der Waals surface area (Å²) in [5.74, 6) is 1.27. The van der Waals surface area contributed by atoms with Crippen LogP contribution in [0.1, 0.15) is 0 Å². The smallest absolute Gasteiger partial charge is 0.261 e. The molecule has 0 radical (unpaired) electrons. The standard InChI is InChI=1S/C18H14BrNO3S/c19-14-5-4-6-15(13-14)20-24(21,22)18-11-9-17(10-12-18)23-16-7-2-1-3-8-16/h1-13,20H. The second-order valence-corrected chi connectivity index (χ2v) is 7.60. The number of halogens is 1. The third-order valence-corrected chi connectivity index (χ3v) is 5.08. The molecule has 0 unspecified atom stereocenters. The predicted octanol–water partition coefficient (Wildman–Crippen LogP) is 5.04. The van der Waals surface area contributed by atoms with Crippen molar-refractivity contribution in [2.24, 2.45) is 0 Å². The van der Waals surface area contributed by atoms with Crippen molar-refractivity contribution in [1.82, 2.24) is 0 Å². The van der Waals surface area contributed by atoms with E-state index in [-0.39, 0.29) is 4.90 Å². The van der Waals surface area contributed by atoms with E-state index in [1.54, 1.807) is 30.3 Å². The molecular weight excluding hydrogens is 390 g/mol. The van der Waals surface area contributed by atoms with Crippen LogP contribution in [-0.4, -0.2) is 8.42 Å². The minimum Gasteiger partial charge on any atom is -0.457 e. The number of sulfonamides is 1. The largest absolute Gasteiger partial charge is 0.457 e. The van der Waals surface area contributed by atoms with Gasteiger partial charge in [0, 0.05) is 10.2 Å². The monoisotopic (exact) mass is 403 g/mol. The number of nitrogens with one attached hydrogen (secondary N) is 1. The van der Waals surface area contributed by atoms with Crippen LogP contribution in [0.2, 0.25) is 0 Å². The minimum absolute atomic E-state index is 0.169. The van der Waals surface area contributed by atoms with Crippen LogP contribution in [0, 0.1) is 0 Å². The zero-order chi connectivity index (χ0) is 17.0. The summed E-state index contributed by atoms with van der Waals surface area (Å²) in [5, 5.41) is 0. The van der Waals surface area contributed by atoms with E-state index in [9.17, 15) is 8.42 Å². The number of hydrogen-bond acceptors (Lipinski definition) is 3. The lowest BCUT2D eigenvalue weighted by atomic mass is 10.3. The molecule has 0 bridgehead atoms. The van der Waals surface area contributed by atoms with Crippen LogP contribution >= 0.6 is 15.9 Å². The molecule has 3 rings (SSSR count). The molecule has 24 heavy (non-hydrogen) atoms. The van der Waals surface area contributed by atoms with Gasteiger partial charge < -0.3 is 4.74 Å². The molecule has 0 atom stereocenters. The van der Waals surface area contributed by atoms with E-state index in [4.69, 9.17) is 4.74 Å². The van der Waals surface area contributed by atoms with Gasteiger partial charge in [0.05, 0.1) is 4.90 Å². The average Bonchev–Trinajstić information content (AvgIpc) is 2.56. The molecule has 4 nitrogen and oxygen atoms in total. The van der Waals surface area contributed by atoms with Gasteiger partial charge in [-0.2, -0.15) is 0 Å². The summed E-state index contributed by atoms with van der Waals surface area (Å²) in [6.07, 6.45) is 0. The second kappa shape index (κ2) is 7.07. The minimum atomic E-state index is -3.65. The molecule has 0 spiro atoms. The molecule has 0 aliphatic rings. The third-order valence-electron chi connectivity index (χ3n) is 3.19.